The van der Waals surface area contributed by atoms with Gasteiger partial charge >= 0.3 is 18.1 Å². The van der Waals surface area contributed by atoms with Gasteiger partial charge in [0.2, 0.25) is 0 Å². The first kappa shape index (κ1) is 27.5. The molecule has 3 aliphatic rings. The van der Waals surface area contributed by atoms with Crippen molar-refractivity contribution >= 4 is 18.1 Å². The zero-order chi connectivity index (χ0) is 24.9. The fourth-order valence-corrected chi connectivity index (χ4v) is 4.07. The zero-order valence-electron chi connectivity index (χ0n) is 21.7. The molecule has 7 heteroatoms. The molecule has 3 unspecified atom stereocenters. The molecule has 33 heavy (non-hydrogen) atoms. The van der Waals surface area contributed by atoms with Crippen molar-refractivity contribution in [3.63, 3.8) is 0 Å². The maximum absolute atomic E-state index is 12.0. The maximum Gasteiger partial charge on any atom is 0.509 e. The normalized spacial score (nSPS) is 26.6. The minimum atomic E-state index is -0.606. The first-order valence-corrected chi connectivity index (χ1v) is 12.6. The molecule has 0 radical (unpaired) electrons. The molecule has 0 bridgehead atoms. The van der Waals surface area contributed by atoms with Crippen molar-refractivity contribution in [2.75, 3.05) is 0 Å². The third kappa shape index (κ3) is 7.61. The quantitative estimate of drug-likeness (QED) is 0.343. The molecule has 0 aromatic heterocycles. The molecular formula is C26H44O7. The van der Waals surface area contributed by atoms with Gasteiger partial charge in [0.05, 0.1) is 10.8 Å². The Hall–Kier alpha value is -1.79. The Labute approximate surface area is 199 Å². The van der Waals surface area contributed by atoms with Crippen LogP contribution in [0, 0.1) is 10.8 Å². The number of fused-ring (bicyclic) bond motifs is 1. The van der Waals surface area contributed by atoms with E-state index in [1.54, 1.807) is 0 Å². The summed E-state index contributed by atoms with van der Waals surface area (Å²) in [6, 6.07) is 0. The van der Waals surface area contributed by atoms with Crippen molar-refractivity contribution in [1.29, 1.82) is 0 Å². The number of hydrogen-bond donors (Lipinski definition) is 0. The number of esters is 2. The maximum atomic E-state index is 12.0. The van der Waals surface area contributed by atoms with Crippen molar-refractivity contribution in [2.45, 2.75) is 137 Å². The Morgan fingerprint density at radius 2 is 1.45 bits per heavy atom. The molecule has 3 fully saturated rings. The monoisotopic (exact) mass is 468 g/mol. The van der Waals surface area contributed by atoms with Crippen molar-refractivity contribution in [1.82, 2.24) is 0 Å². The van der Waals surface area contributed by atoms with Crippen LogP contribution in [0.1, 0.15) is 113 Å². The summed E-state index contributed by atoms with van der Waals surface area (Å²) in [6.07, 6.45) is 8.07. The third-order valence-electron chi connectivity index (χ3n) is 7.58. The molecule has 0 spiro atoms. The number of hydrogen-bond acceptors (Lipinski definition) is 7. The largest absolute Gasteiger partial charge is 0.509 e. The van der Waals surface area contributed by atoms with Gasteiger partial charge in [-0.3, -0.25) is 9.59 Å². The van der Waals surface area contributed by atoms with E-state index in [9.17, 15) is 14.4 Å². The SMILES string of the molecule is CCC(C)(C)C(=O)OC1(C)CCCCC1.CCC(C)(C)C(=O)OC1CCC2OC(=O)OC2C1. The van der Waals surface area contributed by atoms with Crippen LogP contribution in [0.3, 0.4) is 0 Å². The van der Waals surface area contributed by atoms with E-state index in [1.807, 2.05) is 41.5 Å². The van der Waals surface area contributed by atoms with Gasteiger partial charge in [0, 0.05) is 6.42 Å². The Bertz CT molecular complexity index is 691. The average molecular weight is 469 g/mol. The first-order valence-electron chi connectivity index (χ1n) is 12.6. The van der Waals surface area contributed by atoms with Crippen LogP contribution in [-0.2, 0) is 28.5 Å². The van der Waals surface area contributed by atoms with Gasteiger partial charge in [-0.1, -0.05) is 20.3 Å². The summed E-state index contributed by atoms with van der Waals surface area (Å²) in [4.78, 5) is 34.9. The summed E-state index contributed by atoms with van der Waals surface area (Å²) in [5, 5.41) is 0. The van der Waals surface area contributed by atoms with Crippen molar-refractivity contribution in [2.24, 2.45) is 10.8 Å². The van der Waals surface area contributed by atoms with Crippen LogP contribution >= 0.6 is 0 Å². The van der Waals surface area contributed by atoms with E-state index in [0.717, 1.165) is 32.1 Å². The van der Waals surface area contributed by atoms with E-state index in [2.05, 4.69) is 6.92 Å². The van der Waals surface area contributed by atoms with Gasteiger partial charge in [-0.05, 0) is 86.0 Å². The van der Waals surface area contributed by atoms with E-state index in [-0.39, 0.29) is 41.3 Å². The third-order valence-corrected chi connectivity index (χ3v) is 7.58. The second-order valence-electron chi connectivity index (χ2n) is 11.3. The predicted molar refractivity (Wildman–Crippen MR) is 125 cm³/mol. The topological polar surface area (TPSA) is 88.1 Å². The van der Waals surface area contributed by atoms with Gasteiger partial charge < -0.3 is 18.9 Å². The summed E-state index contributed by atoms with van der Waals surface area (Å²) in [5.41, 5.74) is -0.984. The minimum Gasteiger partial charge on any atom is -0.462 e. The van der Waals surface area contributed by atoms with Gasteiger partial charge in [0.25, 0.3) is 0 Å². The van der Waals surface area contributed by atoms with E-state index < -0.39 is 11.6 Å². The average Bonchev–Trinajstić information content (AvgIpc) is 3.13. The fourth-order valence-electron chi connectivity index (χ4n) is 4.07. The van der Waals surface area contributed by atoms with Crippen molar-refractivity contribution in [3.8, 4) is 0 Å². The molecule has 0 N–H and O–H groups in total. The molecule has 1 aliphatic heterocycles. The Morgan fingerprint density at radius 3 is 2.03 bits per heavy atom. The molecule has 3 atom stereocenters. The van der Waals surface area contributed by atoms with Gasteiger partial charge in [-0.2, -0.15) is 0 Å². The lowest BCUT2D eigenvalue weighted by molar-refractivity contribution is -0.172. The van der Waals surface area contributed by atoms with Crippen LogP contribution in [0.2, 0.25) is 0 Å². The van der Waals surface area contributed by atoms with Gasteiger partial charge in [0.1, 0.15) is 23.9 Å². The first-order chi connectivity index (χ1) is 15.3. The van der Waals surface area contributed by atoms with Crippen molar-refractivity contribution < 1.29 is 33.3 Å². The summed E-state index contributed by atoms with van der Waals surface area (Å²) in [5.74, 6) is -0.215. The summed E-state index contributed by atoms with van der Waals surface area (Å²) in [7, 11) is 0. The molecule has 0 amide bonds. The highest BCUT2D eigenvalue weighted by atomic mass is 16.8. The number of rotatable bonds is 6. The molecule has 0 aromatic rings. The smallest absolute Gasteiger partial charge is 0.462 e. The minimum absolute atomic E-state index is 0.0330. The summed E-state index contributed by atoms with van der Waals surface area (Å²) < 4.78 is 21.2. The molecule has 190 valence electrons. The standard InChI is InChI=1S/C13H20O5.C13H24O2/c1-4-13(2,3)11(14)16-8-5-6-9-10(7-8)18-12(15)17-9;1-5-12(2,3)11(14)15-13(4)9-7-6-8-10-13/h8-10H,4-7H2,1-3H3;5-10H2,1-4H3. The highest BCUT2D eigenvalue weighted by molar-refractivity contribution is 5.76. The molecule has 1 saturated heterocycles. The zero-order valence-corrected chi connectivity index (χ0v) is 21.7. The number of carbonyl (C=O) groups excluding carboxylic acids is 3. The van der Waals surface area contributed by atoms with Crippen LogP contribution in [-0.4, -0.2) is 42.0 Å². The molecule has 3 rings (SSSR count). The van der Waals surface area contributed by atoms with E-state index in [4.69, 9.17) is 18.9 Å². The second kappa shape index (κ2) is 11.1. The van der Waals surface area contributed by atoms with Crippen LogP contribution < -0.4 is 0 Å². The molecular weight excluding hydrogens is 424 g/mol. The van der Waals surface area contributed by atoms with Gasteiger partial charge in [-0.15, -0.1) is 0 Å². The lowest BCUT2D eigenvalue weighted by Gasteiger charge is -2.36. The molecule has 7 nitrogen and oxygen atoms in total. The van der Waals surface area contributed by atoms with Crippen LogP contribution in [0.4, 0.5) is 4.79 Å². The Morgan fingerprint density at radius 1 is 0.909 bits per heavy atom. The Kier molecular flexibility index (Phi) is 9.23. The van der Waals surface area contributed by atoms with Gasteiger partial charge in [0.15, 0.2) is 0 Å². The molecule has 2 saturated carbocycles. The lowest BCUT2D eigenvalue weighted by atomic mass is 9.85. The summed E-state index contributed by atoms with van der Waals surface area (Å²) >= 11 is 0. The summed E-state index contributed by atoms with van der Waals surface area (Å²) in [6.45, 7) is 13.7. The number of ether oxygens (including phenoxy) is 4. The van der Waals surface area contributed by atoms with Crippen molar-refractivity contribution in [3.05, 3.63) is 0 Å². The molecule has 1 heterocycles. The second-order valence-corrected chi connectivity index (χ2v) is 11.3. The highest BCUT2D eigenvalue weighted by Crippen LogP contribution is 2.35. The lowest BCUT2D eigenvalue weighted by Crippen LogP contribution is -2.38. The van der Waals surface area contributed by atoms with Gasteiger partial charge in [-0.25, -0.2) is 4.79 Å². The Balaban J connectivity index is 0.000000238. The van der Waals surface area contributed by atoms with E-state index >= 15 is 0 Å². The molecule has 0 aromatic carbocycles. The van der Waals surface area contributed by atoms with Crippen LogP contribution in [0.25, 0.3) is 0 Å². The van der Waals surface area contributed by atoms with Crippen LogP contribution in [0.15, 0.2) is 0 Å². The van der Waals surface area contributed by atoms with E-state index in [1.165, 1.54) is 19.3 Å². The van der Waals surface area contributed by atoms with Crippen LogP contribution in [0.5, 0.6) is 0 Å². The molecule has 2 aliphatic carbocycles. The predicted octanol–water partition coefficient (Wildman–Crippen LogP) is 6.11. The number of carbonyl (C=O) groups is 3. The van der Waals surface area contributed by atoms with E-state index in [0.29, 0.717) is 12.8 Å². The fraction of sp³-hybridized carbons (Fsp3) is 0.885. The highest BCUT2D eigenvalue weighted by Gasteiger charge is 2.43.